The van der Waals surface area contributed by atoms with Crippen LogP contribution >= 0.6 is 0 Å². The molecule has 0 saturated carbocycles. The zero-order valence-electron chi connectivity index (χ0n) is 11.3. The maximum Gasteiger partial charge on any atom is 0.338 e. The van der Waals surface area contributed by atoms with E-state index in [0.717, 1.165) is 0 Å². The second-order valence-corrected chi connectivity index (χ2v) is 6.86. The molecule has 2 N–H and O–H groups in total. The lowest BCUT2D eigenvalue weighted by atomic mass is 10.1. The Morgan fingerprint density at radius 2 is 1.90 bits per heavy atom. The number of hydrogen-bond donors (Lipinski definition) is 1. The summed E-state index contributed by atoms with van der Waals surface area (Å²) in [6.07, 6.45) is 0. The average Bonchev–Trinajstić information content (AvgIpc) is 2.68. The summed E-state index contributed by atoms with van der Waals surface area (Å²) in [5.41, 5.74) is 0.0457. The van der Waals surface area contributed by atoms with Crippen molar-refractivity contribution >= 4 is 27.0 Å². The van der Waals surface area contributed by atoms with Crippen LogP contribution in [-0.4, -0.2) is 20.0 Å². The Hall–Kier alpha value is -1.86. The minimum absolute atomic E-state index is 0.314. The minimum atomic E-state index is -3.91. The molecule has 0 spiro atoms. The lowest BCUT2D eigenvalue weighted by Gasteiger charge is -2.19. The molecule has 6 nitrogen and oxygen atoms in total. The van der Waals surface area contributed by atoms with Crippen LogP contribution in [0.3, 0.4) is 0 Å². The molecule has 20 heavy (non-hydrogen) atoms. The van der Waals surface area contributed by atoms with Gasteiger partial charge in [0.2, 0.25) is 5.09 Å². The van der Waals surface area contributed by atoms with Crippen molar-refractivity contribution in [3.63, 3.8) is 0 Å². The van der Waals surface area contributed by atoms with E-state index in [4.69, 9.17) is 14.3 Å². The summed E-state index contributed by atoms with van der Waals surface area (Å²) in [6.45, 7) is 5.29. The Kier molecular flexibility index (Phi) is 3.35. The predicted octanol–water partition coefficient (Wildman–Crippen LogP) is 2.04. The van der Waals surface area contributed by atoms with Gasteiger partial charge in [-0.15, -0.1) is 0 Å². The number of esters is 1. The molecular formula is C13H15NO5S. The van der Waals surface area contributed by atoms with E-state index in [-0.39, 0.29) is 5.09 Å². The molecule has 0 unspecified atom stereocenters. The van der Waals surface area contributed by atoms with Crippen LogP contribution in [0.4, 0.5) is 0 Å². The molecule has 1 heterocycles. The summed E-state index contributed by atoms with van der Waals surface area (Å²) in [7, 11) is -3.91. The number of rotatable bonds is 2. The number of hydrogen-bond acceptors (Lipinski definition) is 5. The molecule has 2 rings (SSSR count). The summed E-state index contributed by atoms with van der Waals surface area (Å²) in [5, 5.41) is 5.12. The molecule has 108 valence electrons. The molecule has 0 fully saturated rings. The first-order valence-electron chi connectivity index (χ1n) is 5.86. The number of sulfonamides is 1. The van der Waals surface area contributed by atoms with Crippen molar-refractivity contribution in [2.75, 3.05) is 0 Å². The molecule has 0 radical (unpaired) electrons. The standard InChI is InChI=1S/C13H15NO5S/c1-13(2,3)19-12(15)8-4-5-10-9(6-8)7-11(18-10)20(14,16)17/h4-7H,1-3H3,(H2,14,16,17). The van der Waals surface area contributed by atoms with E-state index < -0.39 is 21.6 Å². The van der Waals surface area contributed by atoms with Gasteiger partial charge in [0.15, 0.2) is 0 Å². The molecule has 0 amide bonds. The van der Waals surface area contributed by atoms with E-state index in [1.807, 2.05) is 0 Å². The summed E-state index contributed by atoms with van der Waals surface area (Å²) in [6, 6.07) is 5.79. The van der Waals surface area contributed by atoms with E-state index in [1.54, 1.807) is 20.8 Å². The molecule has 0 aliphatic rings. The fourth-order valence-corrected chi connectivity index (χ4v) is 2.12. The summed E-state index contributed by atoms with van der Waals surface area (Å²) in [5.74, 6) is -0.488. The van der Waals surface area contributed by atoms with E-state index in [0.29, 0.717) is 16.5 Å². The van der Waals surface area contributed by atoms with Crippen molar-refractivity contribution in [2.24, 2.45) is 5.14 Å². The maximum absolute atomic E-state index is 11.9. The van der Waals surface area contributed by atoms with Gasteiger partial charge >= 0.3 is 5.97 Å². The van der Waals surface area contributed by atoms with Crippen LogP contribution in [-0.2, 0) is 14.8 Å². The van der Waals surface area contributed by atoms with Gasteiger partial charge in [0.25, 0.3) is 10.0 Å². The fraction of sp³-hybridized carbons (Fsp3) is 0.308. The summed E-state index contributed by atoms with van der Waals surface area (Å²) >= 11 is 0. The Morgan fingerprint density at radius 1 is 1.25 bits per heavy atom. The number of fused-ring (bicyclic) bond motifs is 1. The summed E-state index contributed by atoms with van der Waals surface area (Å²) in [4.78, 5) is 11.9. The van der Waals surface area contributed by atoms with Gasteiger partial charge in [-0.1, -0.05) is 0 Å². The van der Waals surface area contributed by atoms with Crippen LogP contribution in [0.15, 0.2) is 33.8 Å². The van der Waals surface area contributed by atoms with E-state index in [1.165, 1.54) is 24.3 Å². The van der Waals surface area contributed by atoms with Crippen molar-refractivity contribution in [3.8, 4) is 0 Å². The number of nitrogens with two attached hydrogens (primary N) is 1. The van der Waals surface area contributed by atoms with Crippen molar-refractivity contribution < 1.29 is 22.4 Å². The normalized spacial score (nSPS) is 12.6. The van der Waals surface area contributed by atoms with Gasteiger partial charge in [-0.25, -0.2) is 18.4 Å². The average molecular weight is 297 g/mol. The first-order chi connectivity index (χ1) is 9.06. The number of benzene rings is 1. The third-order valence-electron chi connectivity index (χ3n) is 2.41. The number of carbonyl (C=O) groups is 1. The topological polar surface area (TPSA) is 99.6 Å². The van der Waals surface area contributed by atoms with Crippen molar-refractivity contribution in [1.29, 1.82) is 0 Å². The quantitative estimate of drug-likeness (QED) is 0.855. The molecule has 0 aliphatic heterocycles. The second kappa shape index (κ2) is 4.60. The van der Waals surface area contributed by atoms with Crippen LogP contribution in [0.2, 0.25) is 0 Å². The molecule has 0 saturated heterocycles. The predicted molar refractivity (Wildman–Crippen MR) is 72.8 cm³/mol. The molecule has 7 heteroatoms. The molecule has 2 aromatic rings. The van der Waals surface area contributed by atoms with Crippen LogP contribution in [0.1, 0.15) is 31.1 Å². The molecule has 0 aliphatic carbocycles. The minimum Gasteiger partial charge on any atom is -0.456 e. The van der Waals surface area contributed by atoms with Crippen LogP contribution < -0.4 is 5.14 Å². The van der Waals surface area contributed by atoms with Gasteiger partial charge in [0, 0.05) is 11.5 Å². The van der Waals surface area contributed by atoms with Crippen molar-refractivity contribution in [1.82, 2.24) is 0 Å². The second-order valence-electron chi connectivity index (χ2n) is 5.36. The Morgan fingerprint density at radius 3 is 2.45 bits per heavy atom. The first-order valence-corrected chi connectivity index (χ1v) is 7.41. The molecule has 0 atom stereocenters. The Bertz CT molecular complexity index is 768. The number of ether oxygens (including phenoxy) is 1. The largest absolute Gasteiger partial charge is 0.456 e. The molecule has 0 bridgehead atoms. The summed E-state index contributed by atoms with van der Waals surface area (Å²) < 4.78 is 32.7. The Balaban J connectivity index is 2.42. The lowest BCUT2D eigenvalue weighted by Crippen LogP contribution is -2.23. The van der Waals surface area contributed by atoms with Gasteiger partial charge in [0.05, 0.1) is 5.56 Å². The smallest absolute Gasteiger partial charge is 0.338 e. The van der Waals surface area contributed by atoms with E-state index >= 15 is 0 Å². The highest BCUT2D eigenvalue weighted by atomic mass is 32.2. The monoisotopic (exact) mass is 297 g/mol. The van der Waals surface area contributed by atoms with Gasteiger partial charge in [0.1, 0.15) is 11.2 Å². The number of furan rings is 1. The van der Waals surface area contributed by atoms with Gasteiger partial charge in [-0.2, -0.15) is 0 Å². The molecule has 1 aromatic carbocycles. The zero-order chi connectivity index (χ0) is 15.1. The first kappa shape index (κ1) is 14.5. The third kappa shape index (κ3) is 3.17. The molecule has 1 aromatic heterocycles. The zero-order valence-corrected chi connectivity index (χ0v) is 12.2. The SMILES string of the molecule is CC(C)(C)OC(=O)c1ccc2oc(S(N)(=O)=O)cc2c1. The number of carbonyl (C=O) groups excluding carboxylic acids is 1. The highest BCUT2D eigenvalue weighted by Gasteiger charge is 2.20. The van der Waals surface area contributed by atoms with Gasteiger partial charge < -0.3 is 9.15 Å². The highest BCUT2D eigenvalue weighted by Crippen LogP contribution is 2.24. The lowest BCUT2D eigenvalue weighted by molar-refractivity contribution is 0.00697. The van der Waals surface area contributed by atoms with Crippen LogP contribution in [0.25, 0.3) is 11.0 Å². The molecular weight excluding hydrogens is 282 g/mol. The highest BCUT2D eigenvalue weighted by molar-refractivity contribution is 7.89. The van der Waals surface area contributed by atoms with Crippen molar-refractivity contribution in [3.05, 3.63) is 29.8 Å². The van der Waals surface area contributed by atoms with E-state index in [2.05, 4.69) is 0 Å². The van der Waals surface area contributed by atoms with Gasteiger partial charge in [-0.3, -0.25) is 0 Å². The van der Waals surface area contributed by atoms with Crippen molar-refractivity contribution in [2.45, 2.75) is 31.5 Å². The third-order valence-corrected chi connectivity index (χ3v) is 3.17. The fourth-order valence-electron chi connectivity index (χ4n) is 1.62. The maximum atomic E-state index is 11.9. The van der Waals surface area contributed by atoms with Crippen LogP contribution in [0, 0.1) is 0 Å². The van der Waals surface area contributed by atoms with E-state index in [9.17, 15) is 13.2 Å². The Labute approximate surface area is 116 Å². The number of primary sulfonamides is 1. The van der Waals surface area contributed by atoms with Crippen LogP contribution in [0.5, 0.6) is 0 Å². The van der Waals surface area contributed by atoms with Gasteiger partial charge in [-0.05, 0) is 39.0 Å².